The fraction of sp³-hybridized carbons (Fsp3) is 0.286. The minimum atomic E-state index is -0.163. The summed E-state index contributed by atoms with van der Waals surface area (Å²) < 4.78 is 1.61. The molecule has 0 N–H and O–H groups in total. The highest BCUT2D eigenvalue weighted by Crippen LogP contribution is 2.18. The molecule has 100 valence electrons. The Balaban J connectivity index is 2.51. The number of hydrogen-bond acceptors (Lipinski definition) is 2. The van der Waals surface area contributed by atoms with Crippen molar-refractivity contribution in [3.63, 3.8) is 0 Å². The number of benzene rings is 1. The predicted octanol–water partition coefficient (Wildman–Crippen LogP) is 3.72. The molecule has 2 rings (SSSR count). The van der Waals surface area contributed by atoms with Crippen molar-refractivity contribution in [3.8, 4) is 0 Å². The Hall–Kier alpha value is -1.32. The highest BCUT2D eigenvalue weighted by Gasteiger charge is 2.12. The van der Waals surface area contributed by atoms with Crippen molar-refractivity contribution in [3.05, 3.63) is 62.2 Å². The molecule has 0 atom stereocenters. The van der Waals surface area contributed by atoms with Crippen molar-refractivity contribution >= 4 is 23.2 Å². The Morgan fingerprint density at radius 1 is 1.26 bits per heavy atom. The zero-order chi connectivity index (χ0) is 14.0. The molecule has 0 spiro atoms. The van der Waals surface area contributed by atoms with E-state index in [0.29, 0.717) is 17.4 Å². The lowest BCUT2D eigenvalue weighted by molar-refractivity contribution is 0.625. The van der Waals surface area contributed by atoms with Crippen molar-refractivity contribution in [2.75, 3.05) is 0 Å². The third-order valence-electron chi connectivity index (χ3n) is 2.81. The van der Waals surface area contributed by atoms with Crippen LogP contribution >= 0.6 is 23.2 Å². The molecule has 0 unspecified atom stereocenters. The van der Waals surface area contributed by atoms with E-state index >= 15 is 0 Å². The van der Waals surface area contributed by atoms with Crippen LogP contribution in [0.25, 0.3) is 0 Å². The highest BCUT2D eigenvalue weighted by molar-refractivity contribution is 6.31. The van der Waals surface area contributed by atoms with Crippen LogP contribution in [0, 0.1) is 0 Å². The summed E-state index contributed by atoms with van der Waals surface area (Å²) in [5.41, 5.74) is 0.723. The summed E-state index contributed by atoms with van der Waals surface area (Å²) in [4.78, 5) is 16.3. The molecule has 1 aromatic carbocycles. The maximum Gasteiger partial charge on any atom is 0.255 e. The molecule has 19 heavy (non-hydrogen) atoms. The van der Waals surface area contributed by atoms with Gasteiger partial charge in [-0.25, -0.2) is 4.98 Å². The molecule has 1 heterocycles. The van der Waals surface area contributed by atoms with E-state index in [0.717, 1.165) is 5.56 Å². The summed E-state index contributed by atoms with van der Waals surface area (Å²) in [6, 6.07) is 8.78. The average Bonchev–Trinajstić information content (AvgIpc) is 2.34. The number of halogens is 2. The molecule has 5 heteroatoms. The van der Waals surface area contributed by atoms with Gasteiger partial charge in [0, 0.05) is 17.0 Å². The van der Waals surface area contributed by atoms with Gasteiger partial charge in [0.2, 0.25) is 0 Å². The number of rotatable bonds is 3. The van der Waals surface area contributed by atoms with Gasteiger partial charge in [0.1, 0.15) is 11.0 Å². The topological polar surface area (TPSA) is 34.9 Å². The molecule has 0 aliphatic heterocycles. The van der Waals surface area contributed by atoms with Crippen LogP contribution < -0.4 is 5.56 Å². The Labute approximate surface area is 121 Å². The summed E-state index contributed by atoms with van der Waals surface area (Å²) in [6.07, 6.45) is 0. The largest absolute Gasteiger partial charge is 0.292 e. The Morgan fingerprint density at radius 3 is 2.58 bits per heavy atom. The Bertz CT molecular complexity index is 650. The van der Waals surface area contributed by atoms with E-state index in [4.69, 9.17) is 23.2 Å². The number of nitrogens with zero attached hydrogens (tertiary/aromatic N) is 2. The normalized spacial score (nSPS) is 11.0. The van der Waals surface area contributed by atoms with Crippen molar-refractivity contribution in [1.29, 1.82) is 0 Å². The smallest absolute Gasteiger partial charge is 0.255 e. The first-order valence-corrected chi connectivity index (χ1v) is 6.75. The lowest BCUT2D eigenvalue weighted by Gasteiger charge is -2.15. The molecule has 3 nitrogen and oxygen atoms in total. The highest BCUT2D eigenvalue weighted by atomic mass is 35.5. The quantitative estimate of drug-likeness (QED) is 0.809. The molecule has 2 aromatic rings. The third kappa shape index (κ3) is 3.17. The van der Waals surface area contributed by atoms with Gasteiger partial charge in [0.25, 0.3) is 5.56 Å². The van der Waals surface area contributed by atoms with E-state index in [-0.39, 0.29) is 16.6 Å². The Kier molecular flexibility index (Phi) is 4.27. The van der Waals surface area contributed by atoms with Gasteiger partial charge in [-0.2, -0.15) is 0 Å². The SMILES string of the molecule is CC(C)c1nc(Cl)cc(=O)n1Cc1ccccc1Cl. The van der Waals surface area contributed by atoms with Crippen LogP contribution in [0.3, 0.4) is 0 Å². The standard InChI is InChI=1S/C14H14Cl2N2O/c1-9(2)14-17-12(16)7-13(19)18(14)8-10-5-3-4-6-11(10)15/h3-7,9H,8H2,1-2H3. The van der Waals surface area contributed by atoms with E-state index in [1.54, 1.807) is 10.6 Å². The molecule has 0 amide bonds. The summed E-state index contributed by atoms with van der Waals surface area (Å²) >= 11 is 12.0. The lowest BCUT2D eigenvalue weighted by Crippen LogP contribution is -2.25. The summed E-state index contributed by atoms with van der Waals surface area (Å²) in [7, 11) is 0. The van der Waals surface area contributed by atoms with Gasteiger partial charge in [-0.15, -0.1) is 0 Å². The maximum absolute atomic E-state index is 12.1. The summed E-state index contributed by atoms with van der Waals surface area (Å²) in [6.45, 7) is 4.35. The second-order valence-electron chi connectivity index (χ2n) is 4.61. The molecule has 0 bridgehead atoms. The van der Waals surface area contributed by atoms with Gasteiger partial charge in [0.05, 0.1) is 6.54 Å². The minimum absolute atomic E-state index is 0.105. The van der Waals surface area contributed by atoms with Gasteiger partial charge in [-0.1, -0.05) is 55.2 Å². The van der Waals surface area contributed by atoms with Crippen molar-refractivity contribution in [2.45, 2.75) is 26.3 Å². The van der Waals surface area contributed by atoms with E-state index in [1.807, 2.05) is 32.0 Å². The zero-order valence-corrected chi connectivity index (χ0v) is 12.2. The van der Waals surface area contributed by atoms with Gasteiger partial charge in [0.15, 0.2) is 0 Å². The van der Waals surface area contributed by atoms with Crippen LogP contribution in [0.1, 0.15) is 31.2 Å². The second kappa shape index (κ2) is 5.76. The van der Waals surface area contributed by atoms with Crippen LogP contribution in [0.15, 0.2) is 35.1 Å². The number of aromatic nitrogens is 2. The fourth-order valence-electron chi connectivity index (χ4n) is 1.89. The fourth-order valence-corrected chi connectivity index (χ4v) is 2.27. The van der Waals surface area contributed by atoms with Crippen LogP contribution in [0.2, 0.25) is 10.2 Å². The van der Waals surface area contributed by atoms with E-state index in [9.17, 15) is 4.79 Å². The van der Waals surface area contributed by atoms with Crippen molar-refractivity contribution in [2.24, 2.45) is 0 Å². The zero-order valence-electron chi connectivity index (χ0n) is 10.7. The van der Waals surface area contributed by atoms with Gasteiger partial charge in [-0.05, 0) is 11.6 Å². The third-order valence-corrected chi connectivity index (χ3v) is 3.37. The van der Waals surface area contributed by atoms with Crippen LogP contribution in [0.5, 0.6) is 0 Å². The molecule has 1 aromatic heterocycles. The van der Waals surface area contributed by atoms with E-state index < -0.39 is 0 Å². The van der Waals surface area contributed by atoms with Crippen LogP contribution in [-0.2, 0) is 6.54 Å². The lowest BCUT2D eigenvalue weighted by atomic mass is 10.1. The van der Waals surface area contributed by atoms with E-state index in [2.05, 4.69) is 4.98 Å². The Morgan fingerprint density at radius 2 is 1.95 bits per heavy atom. The molecule has 0 aliphatic rings. The van der Waals surface area contributed by atoms with Crippen LogP contribution in [-0.4, -0.2) is 9.55 Å². The van der Waals surface area contributed by atoms with E-state index in [1.165, 1.54) is 6.07 Å². The molecule has 0 saturated heterocycles. The molecule has 0 saturated carbocycles. The van der Waals surface area contributed by atoms with Crippen molar-refractivity contribution in [1.82, 2.24) is 9.55 Å². The average molecular weight is 297 g/mol. The number of hydrogen-bond donors (Lipinski definition) is 0. The summed E-state index contributed by atoms with van der Waals surface area (Å²) in [5.74, 6) is 0.770. The molecule has 0 radical (unpaired) electrons. The van der Waals surface area contributed by atoms with Gasteiger partial charge < -0.3 is 0 Å². The molecular formula is C14H14Cl2N2O. The second-order valence-corrected chi connectivity index (χ2v) is 5.40. The predicted molar refractivity (Wildman–Crippen MR) is 78.2 cm³/mol. The minimum Gasteiger partial charge on any atom is -0.292 e. The first kappa shape index (κ1) is 14.1. The van der Waals surface area contributed by atoms with Crippen molar-refractivity contribution < 1.29 is 0 Å². The van der Waals surface area contributed by atoms with Gasteiger partial charge >= 0.3 is 0 Å². The first-order chi connectivity index (χ1) is 8.99. The molecule has 0 aliphatic carbocycles. The maximum atomic E-state index is 12.1. The van der Waals surface area contributed by atoms with Crippen LogP contribution in [0.4, 0.5) is 0 Å². The monoisotopic (exact) mass is 296 g/mol. The summed E-state index contributed by atoms with van der Waals surface area (Å²) in [5, 5.41) is 0.864. The van der Waals surface area contributed by atoms with Gasteiger partial charge in [-0.3, -0.25) is 9.36 Å². The molecular weight excluding hydrogens is 283 g/mol. The molecule has 0 fully saturated rings. The first-order valence-electron chi connectivity index (χ1n) is 5.99.